The van der Waals surface area contributed by atoms with Gasteiger partial charge in [0.1, 0.15) is 0 Å². The van der Waals surface area contributed by atoms with E-state index < -0.39 is 0 Å². The minimum absolute atomic E-state index is 0.196. The summed E-state index contributed by atoms with van der Waals surface area (Å²) in [6, 6.07) is 0. The van der Waals surface area contributed by atoms with Gasteiger partial charge >= 0.3 is 0 Å². The number of nitrogens with zero attached hydrogens (tertiary/aromatic N) is 1. The number of aliphatic hydroxyl groups excluding tert-OH is 1. The van der Waals surface area contributed by atoms with E-state index in [9.17, 15) is 5.11 Å². The molecule has 0 aliphatic carbocycles. The first kappa shape index (κ1) is 13.9. The van der Waals surface area contributed by atoms with Gasteiger partial charge in [-0.05, 0) is 38.8 Å². The normalized spacial score (nSPS) is 15.9. The summed E-state index contributed by atoms with van der Waals surface area (Å²) in [7, 11) is 0. The Labute approximate surface area is 89.3 Å². The van der Waals surface area contributed by atoms with Crippen LogP contribution in [-0.2, 0) is 0 Å². The van der Waals surface area contributed by atoms with Crippen molar-refractivity contribution in [2.24, 2.45) is 5.92 Å². The molecule has 2 heteroatoms. The van der Waals surface area contributed by atoms with Gasteiger partial charge in [0.25, 0.3) is 0 Å². The van der Waals surface area contributed by atoms with E-state index in [1.807, 2.05) is 6.92 Å². The Bertz CT molecular complexity index is 125. The van der Waals surface area contributed by atoms with Crippen molar-refractivity contribution in [3.05, 3.63) is 0 Å². The Morgan fingerprint density at radius 3 is 2.21 bits per heavy atom. The first-order chi connectivity index (χ1) is 6.60. The molecule has 0 aliphatic heterocycles. The van der Waals surface area contributed by atoms with Crippen LogP contribution >= 0.6 is 0 Å². The maximum atomic E-state index is 9.33. The smallest absolute Gasteiger partial charge is 0.0639 e. The fraction of sp³-hybridized carbons (Fsp3) is 1.00. The highest BCUT2D eigenvalue weighted by molar-refractivity contribution is 4.62. The maximum absolute atomic E-state index is 9.33. The zero-order chi connectivity index (χ0) is 11.0. The molecule has 0 amide bonds. The molecule has 14 heavy (non-hydrogen) atoms. The average molecular weight is 201 g/mol. The molecule has 0 saturated heterocycles. The summed E-state index contributed by atoms with van der Waals surface area (Å²) in [6.07, 6.45) is 3.49. The number of rotatable bonds is 8. The third-order valence-corrected chi connectivity index (χ3v) is 2.70. The highest BCUT2D eigenvalue weighted by Crippen LogP contribution is 2.08. The lowest BCUT2D eigenvalue weighted by molar-refractivity contribution is 0.122. The van der Waals surface area contributed by atoms with Gasteiger partial charge in [0.2, 0.25) is 0 Å². The molecular weight excluding hydrogens is 174 g/mol. The standard InChI is InChI=1S/C12H27NO/c1-5-8-13(10-12(4)14)9-7-11(3)6-2/h11-12,14H,5-10H2,1-4H3. The highest BCUT2D eigenvalue weighted by atomic mass is 16.3. The van der Waals surface area contributed by atoms with Crippen molar-refractivity contribution in [3.63, 3.8) is 0 Å². The SMILES string of the molecule is CCCN(CCC(C)CC)CC(C)O. The van der Waals surface area contributed by atoms with Gasteiger partial charge in [-0.15, -0.1) is 0 Å². The molecule has 0 rings (SSSR count). The molecule has 0 aromatic heterocycles. The largest absolute Gasteiger partial charge is 0.392 e. The molecule has 2 atom stereocenters. The summed E-state index contributed by atoms with van der Waals surface area (Å²) >= 11 is 0. The van der Waals surface area contributed by atoms with E-state index in [2.05, 4.69) is 25.7 Å². The summed E-state index contributed by atoms with van der Waals surface area (Å²) in [6.45, 7) is 11.7. The second kappa shape index (κ2) is 8.25. The second-order valence-corrected chi connectivity index (χ2v) is 4.45. The van der Waals surface area contributed by atoms with Crippen LogP contribution in [0.3, 0.4) is 0 Å². The Morgan fingerprint density at radius 2 is 1.79 bits per heavy atom. The molecule has 2 nitrogen and oxygen atoms in total. The topological polar surface area (TPSA) is 23.5 Å². The van der Waals surface area contributed by atoms with Gasteiger partial charge < -0.3 is 10.0 Å². The van der Waals surface area contributed by atoms with Crippen molar-refractivity contribution < 1.29 is 5.11 Å². The summed E-state index contributed by atoms with van der Waals surface area (Å²) in [5, 5.41) is 9.33. The fourth-order valence-electron chi connectivity index (χ4n) is 1.59. The monoisotopic (exact) mass is 201 g/mol. The lowest BCUT2D eigenvalue weighted by Crippen LogP contribution is -2.33. The molecule has 0 aromatic rings. The molecule has 0 bridgehead atoms. The summed E-state index contributed by atoms with van der Waals surface area (Å²) < 4.78 is 0. The predicted molar refractivity (Wildman–Crippen MR) is 62.5 cm³/mol. The Balaban J connectivity index is 3.72. The van der Waals surface area contributed by atoms with E-state index in [0.717, 1.165) is 25.6 Å². The number of hydrogen-bond acceptors (Lipinski definition) is 2. The molecular formula is C12H27NO. The minimum Gasteiger partial charge on any atom is -0.392 e. The van der Waals surface area contributed by atoms with E-state index >= 15 is 0 Å². The lowest BCUT2D eigenvalue weighted by Gasteiger charge is -2.24. The molecule has 1 N–H and O–H groups in total. The van der Waals surface area contributed by atoms with Crippen LogP contribution in [0.5, 0.6) is 0 Å². The van der Waals surface area contributed by atoms with Crippen molar-refractivity contribution >= 4 is 0 Å². The van der Waals surface area contributed by atoms with E-state index in [4.69, 9.17) is 0 Å². The van der Waals surface area contributed by atoms with Crippen molar-refractivity contribution in [2.45, 2.75) is 53.1 Å². The third-order valence-electron chi connectivity index (χ3n) is 2.70. The van der Waals surface area contributed by atoms with Gasteiger partial charge in [-0.3, -0.25) is 0 Å². The van der Waals surface area contributed by atoms with Crippen LogP contribution in [-0.4, -0.2) is 35.7 Å². The van der Waals surface area contributed by atoms with Crippen molar-refractivity contribution in [1.29, 1.82) is 0 Å². The van der Waals surface area contributed by atoms with Crippen LogP contribution in [0.1, 0.15) is 47.0 Å². The summed E-state index contributed by atoms with van der Waals surface area (Å²) in [5.41, 5.74) is 0. The third kappa shape index (κ3) is 7.34. The molecule has 0 radical (unpaired) electrons. The Morgan fingerprint density at radius 1 is 1.14 bits per heavy atom. The van der Waals surface area contributed by atoms with Gasteiger partial charge in [0, 0.05) is 6.54 Å². The van der Waals surface area contributed by atoms with Gasteiger partial charge in [-0.1, -0.05) is 27.2 Å². The Kier molecular flexibility index (Phi) is 8.20. The van der Waals surface area contributed by atoms with Crippen molar-refractivity contribution in [1.82, 2.24) is 4.90 Å². The van der Waals surface area contributed by atoms with Crippen LogP contribution in [0.2, 0.25) is 0 Å². The van der Waals surface area contributed by atoms with Gasteiger partial charge in [0.15, 0.2) is 0 Å². The molecule has 2 unspecified atom stereocenters. The fourth-order valence-corrected chi connectivity index (χ4v) is 1.59. The number of hydrogen-bond donors (Lipinski definition) is 1. The average Bonchev–Trinajstić information content (AvgIpc) is 2.13. The van der Waals surface area contributed by atoms with Crippen LogP contribution in [0, 0.1) is 5.92 Å². The molecule has 0 heterocycles. The number of aliphatic hydroxyl groups is 1. The molecule has 0 aliphatic rings. The van der Waals surface area contributed by atoms with Gasteiger partial charge in [0.05, 0.1) is 6.10 Å². The molecule has 0 spiro atoms. The molecule has 0 fully saturated rings. The van der Waals surface area contributed by atoms with E-state index in [1.165, 1.54) is 19.3 Å². The maximum Gasteiger partial charge on any atom is 0.0639 e. The van der Waals surface area contributed by atoms with Gasteiger partial charge in [-0.25, -0.2) is 0 Å². The Hall–Kier alpha value is -0.0800. The zero-order valence-electron chi connectivity index (χ0n) is 10.3. The second-order valence-electron chi connectivity index (χ2n) is 4.45. The summed E-state index contributed by atoms with van der Waals surface area (Å²) in [4.78, 5) is 2.37. The lowest BCUT2D eigenvalue weighted by atomic mass is 10.1. The predicted octanol–water partition coefficient (Wildman–Crippen LogP) is 2.52. The summed E-state index contributed by atoms with van der Waals surface area (Å²) in [5.74, 6) is 0.809. The van der Waals surface area contributed by atoms with Crippen LogP contribution in [0.25, 0.3) is 0 Å². The minimum atomic E-state index is -0.196. The quantitative estimate of drug-likeness (QED) is 0.652. The molecule has 0 saturated carbocycles. The zero-order valence-corrected chi connectivity index (χ0v) is 10.3. The highest BCUT2D eigenvalue weighted by Gasteiger charge is 2.08. The van der Waals surface area contributed by atoms with Gasteiger partial charge in [-0.2, -0.15) is 0 Å². The van der Waals surface area contributed by atoms with E-state index in [0.29, 0.717) is 0 Å². The van der Waals surface area contributed by atoms with Crippen LogP contribution < -0.4 is 0 Å². The van der Waals surface area contributed by atoms with Crippen LogP contribution in [0.15, 0.2) is 0 Å². The van der Waals surface area contributed by atoms with E-state index in [-0.39, 0.29) is 6.10 Å². The van der Waals surface area contributed by atoms with Crippen LogP contribution in [0.4, 0.5) is 0 Å². The molecule has 86 valence electrons. The first-order valence-electron chi connectivity index (χ1n) is 6.00. The molecule has 0 aromatic carbocycles. The van der Waals surface area contributed by atoms with E-state index in [1.54, 1.807) is 0 Å². The first-order valence-corrected chi connectivity index (χ1v) is 6.00. The van der Waals surface area contributed by atoms with Crippen molar-refractivity contribution in [2.75, 3.05) is 19.6 Å². The van der Waals surface area contributed by atoms with Crippen molar-refractivity contribution in [3.8, 4) is 0 Å².